The van der Waals surface area contributed by atoms with Crippen LogP contribution in [0.4, 0.5) is 4.39 Å². The van der Waals surface area contributed by atoms with Crippen LogP contribution in [0.25, 0.3) is 0 Å². The lowest BCUT2D eigenvalue weighted by Gasteiger charge is -2.11. The molecule has 0 aliphatic rings. The van der Waals surface area contributed by atoms with Gasteiger partial charge in [-0.15, -0.1) is 0 Å². The van der Waals surface area contributed by atoms with E-state index in [9.17, 15) is 4.39 Å². The van der Waals surface area contributed by atoms with Gasteiger partial charge in [-0.1, -0.05) is 34.7 Å². The van der Waals surface area contributed by atoms with Crippen molar-refractivity contribution in [2.45, 2.75) is 10.3 Å². The van der Waals surface area contributed by atoms with Gasteiger partial charge >= 0.3 is 0 Å². The van der Waals surface area contributed by atoms with E-state index in [0.717, 1.165) is 0 Å². The minimum atomic E-state index is -0.331. The molecular weight excluding hydrogens is 298 g/mol. The minimum absolute atomic E-state index is 0.0206. The number of methoxy groups -OCH3 is 1. The van der Waals surface area contributed by atoms with Crippen LogP contribution in [0, 0.1) is 5.82 Å². The molecule has 0 aliphatic carbocycles. The van der Waals surface area contributed by atoms with Crippen LogP contribution in [0.2, 0.25) is 0 Å². The largest absolute Gasteiger partial charge is 0.494 e. The number of halogens is 2. The fourth-order valence-electron chi connectivity index (χ4n) is 1.20. The molecule has 0 saturated carbocycles. The van der Waals surface area contributed by atoms with E-state index in [0.29, 0.717) is 12.0 Å². The molecule has 2 nitrogen and oxygen atoms in total. The molecule has 0 bridgehead atoms. The van der Waals surface area contributed by atoms with Gasteiger partial charge in [-0.3, -0.25) is 0 Å². The van der Waals surface area contributed by atoms with Gasteiger partial charge in [0.05, 0.1) is 7.11 Å². The van der Waals surface area contributed by atoms with Crippen LogP contribution in [0.15, 0.2) is 18.2 Å². The van der Waals surface area contributed by atoms with Crippen molar-refractivity contribution in [3.63, 3.8) is 0 Å². The van der Waals surface area contributed by atoms with E-state index in [1.54, 1.807) is 18.2 Å². The second-order valence-corrected chi connectivity index (χ2v) is 4.35. The van der Waals surface area contributed by atoms with Crippen LogP contribution >= 0.6 is 22.6 Å². The Kier molecular flexibility index (Phi) is 4.60. The molecule has 0 amide bonds. The maximum absolute atomic E-state index is 13.6. The number of aliphatic hydroxyl groups excluding tert-OH is 1. The van der Waals surface area contributed by atoms with Crippen LogP contribution in [0.5, 0.6) is 5.75 Å². The highest BCUT2D eigenvalue weighted by molar-refractivity contribution is 14.1. The van der Waals surface area contributed by atoms with Crippen molar-refractivity contribution in [1.82, 2.24) is 0 Å². The third kappa shape index (κ3) is 2.57. The Morgan fingerprint density at radius 1 is 1.57 bits per heavy atom. The zero-order valence-electron chi connectivity index (χ0n) is 7.84. The van der Waals surface area contributed by atoms with Crippen LogP contribution < -0.4 is 4.74 Å². The predicted molar refractivity (Wildman–Crippen MR) is 61.4 cm³/mol. The molecule has 0 radical (unpaired) electrons. The molecule has 0 aromatic heterocycles. The lowest BCUT2D eigenvalue weighted by Crippen LogP contribution is -1.99. The monoisotopic (exact) mass is 310 g/mol. The summed E-state index contributed by atoms with van der Waals surface area (Å²) in [6.45, 7) is 0.0598. The zero-order valence-corrected chi connectivity index (χ0v) is 9.99. The average molecular weight is 310 g/mol. The van der Waals surface area contributed by atoms with Gasteiger partial charge in [-0.25, -0.2) is 4.39 Å². The van der Waals surface area contributed by atoms with Crippen molar-refractivity contribution in [3.05, 3.63) is 29.6 Å². The van der Waals surface area contributed by atoms with Crippen molar-refractivity contribution < 1.29 is 14.2 Å². The first-order valence-corrected chi connectivity index (χ1v) is 5.52. The number of hydrogen-bond acceptors (Lipinski definition) is 2. The highest BCUT2D eigenvalue weighted by Crippen LogP contribution is 2.32. The summed E-state index contributed by atoms with van der Waals surface area (Å²) in [6.07, 6.45) is 0.546. The predicted octanol–water partition coefficient (Wildman–Crippen LogP) is 2.69. The van der Waals surface area contributed by atoms with Gasteiger partial charge in [-0.2, -0.15) is 0 Å². The second kappa shape index (κ2) is 5.50. The van der Waals surface area contributed by atoms with Crippen molar-refractivity contribution in [1.29, 1.82) is 0 Å². The Morgan fingerprint density at radius 3 is 2.86 bits per heavy atom. The fraction of sp³-hybridized carbons (Fsp3) is 0.400. The first-order chi connectivity index (χ1) is 6.70. The van der Waals surface area contributed by atoms with Crippen LogP contribution in [0.3, 0.4) is 0 Å². The first-order valence-electron chi connectivity index (χ1n) is 4.28. The molecule has 1 unspecified atom stereocenters. The highest BCUT2D eigenvalue weighted by Gasteiger charge is 2.14. The minimum Gasteiger partial charge on any atom is -0.494 e. The van der Waals surface area contributed by atoms with Gasteiger partial charge in [0.1, 0.15) is 0 Å². The molecule has 0 spiro atoms. The van der Waals surface area contributed by atoms with Crippen molar-refractivity contribution in [3.8, 4) is 5.75 Å². The quantitative estimate of drug-likeness (QED) is 0.684. The number of hydrogen-bond donors (Lipinski definition) is 1. The molecule has 0 fully saturated rings. The topological polar surface area (TPSA) is 29.5 Å². The number of alkyl halides is 1. The smallest absolute Gasteiger partial charge is 0.169 e. The Bertz CT molecular complexity index is 304. The number of benzene rings is 1. The van der Waals surface area contributed by atoms with Crippen LogP contribution in [-0.4, -0.2) is 18.8 Å². The molecule has 0 saturated heterocycles. The Labute approximate surface area is 96.2 Å². The summed E-state index contributed by atoms with van der Waals surface area (Å²) in [4.78, 5) is 0. The fourth-order valence-corrected chi connectivity index (χ4v) is 1.96. The lowest BCUT2D eigenvalue weighted by atomic mass is 10.1. The molecule has 1 aromatic rings. The lowest BCUT2D eigenvalue weighted by molar-refractivity contribution is 0.288. The first kappa shape index (κ1) is 11.7. The van der Waals surface area contributed by atoms with Crippen LogP contribution in [0.1, 0.15) is 15.9 Å². The van der Waals surface area contributed by atoms with Crippen molar-refractivity contribution in [2.75, 3.05) is 13.7 Å². The SMILES string of the molecule is COc1cccc(C(I)CCO)c1F. The molecule has 1 N–H and O–H groups in total. The summed E-state index contributed by atoms with van der Waals surface area (Å²) in [5, 5.41) is 8.76. The van der Waals surface area contributed by atoms with E-state index in [1.807, 2.05) is 0 Å². The standard InChI is InChI=1S/C10H12FIO2/c1-14-9-4-2-3-7(10(9)11)8(12)5-6-13/h2-4,8,13H,5-6H2,1H3. The summed E-state index contributed by atoms with van der Waals surface area (Å²) >= 11 is 2.11. The molecular formula is C10H12FIO2. The summed E-state index contributed by atoms with van der Waals surface area (Å²) in [5.74, 6) is -0.0787. The number of rotatable bonds is 4. The number of ether oxygens (including phenoxy) is 1. The maximum atomic E-state index is 13.6. The van der Waals surface area contributed by atoms with Gasteiger partial charge < -0.3 is 9.84 Å². The molecule has 78 valence electrons. The maximum Gasteiger partial charge on any atom is 0.169 e. The molecule has 1 aromatic carbocycles. The Morgan fingerprint density at radius 2 is 2.29 bits per heavy atom. The average Bonchev–Trinajstić information content (AvgIpc) is 2.18. The van der Waals surface area contributed by atoms with Crippen LogP contribution in [-0.2, 0) is 0 Å². The van der Waals surface area contributed by atoms with E-state index in [2.05, 4.69) is 22.6 Å². The summed E-state index contributed by atoms with van der Waals surface area (Å²) < 4.78 is 18.5. The van der Waals surface area contributed by atoms with E-state index in [-0.39, 0.29) is 22.1 Å². The Balaban J connectivity index is 2.96. The molecule has 0 heterocycles. The molecule has 14 heavy (non-hydrogen) atoms. The third-order valence-corrected chi connectivity index (χ3v) is 3.23. The third-order valence-electron chi connectivity index (χ3n) is 1.93. The molecule has 1 atom stereocenters. The molecule has 1 rings (SSSR count). The van der Waals surface area contributed by atoms with E-state index in [4.69, 9.17) is 9.84 Å². The van der Waals surface area contributed by atoms with E-state index in [1.165, 1.54) is 7.11 Å². The van der Waals surface area contributed by atoms with E-state index >= 15 is 0 Å². The van der Waals surface area contributed by atoms with Gasteiger partial charge in [0.25, 0.3) is 0 Å². The summed E-state index contributed by atoms with van der Waals surface area (Å²) in [7, 11) is 1.44. The van der Waals surface area contributed by atoms with Gasteiger partial charge in [0, 0.05) is 16.1 Å². The Hall–Kier alpha value is -0.360. The number of aliphatic hydroxyl groups is 1. The highest BCUT2D eigenvalue weighted by atomic mass is 127. The second-order valence-electron chi connectivity index (χ2n) is 2.84. The molecule has 4 heteroatoms. The summed E-state index contributed by atoms with van der Waals surface area (Å²) in [6, 6.07) is 5.05. The van der Waals surface area contributed by atoms with E-state index < -0.39 is 0 Å². The normalized spacial score (nSPS) is 12.6. The zero-order chi connectivity index (χ0) is 10.6. The van der Waals surface area contributed by atoms with Crippen molar-refractivity contribution >= 4 is 22.6 Å². The van der Waals surface area contributed by atoms with Gasteiger partial charge in [0.15, 0.2) is 11.6 Å². The molecule has 0 aliphatic heterocycles. The van der Waals surface area contributed by atoms with Gasteiger partial charge in [-0.05, 0) is 12.5 Å². The van der Waals surface area contributed by atoms with Crippen molar-refractivity contribution in [2.24, 2.45) is 0 Å². The summed E-state index contributed by atoms with van der Waals surface area (Å²) in [5.41, 5.74) is 0.582. The van der Waals surface area contributed by atoms with Gasteiger partial charge in [0.2, 0.25) is 0 Å².